The zero-order valence-corrected chi connectivity index (χ0v) is 23.9. The number of rotatable bonds is 25. The number of carboxylic acids is 3. The molecule has 0 atom stereocenters. The van der Waals surface area contributed by atoms with Gasteiger partial charge in [0.25, 0.3) is 0 Å². The third kappa shape index (κ3) is 51.8. The smallest absolute Gasteiger partial charge is 0.303 e. The summed E-state index contributed by atoms with van der Waals surface area (Å²) in [5.74, 6) is -2.17. The largest absolute Gasteiger partial charge is 0.481 e. The van der Waals surface area contributed by atoms with Crippen molar-refractivity contribution in [3.8, 4) is 0 Å². The monoisotopic (exact) mass is 532 g/mol. The van der Waals surface area contributed by atoms with Crippen LogP contribution in [0.1, 0.15) is 155 Å². The highest BCUT2D eigenvalue weighted by Gasteiger charge is 1.99. The first kappa shape index (κ1) is 39.8. The zero-order valence-electron chi connectivity index (χ0n) is 23.9. The first-order valence-corrected chi connectivity index (χ1v) is 14.9. The van der Waals surface area contributed by atoms with Gasteiger partial charge in [0, 0.05) is 32.4 Å². The predicted octanol–water partition coefficient (Wildman–Crippen LogP) is 7.12. The van der Waals surface area contributed by atoms with Crippen molar-refractivity contribution in [2.75, 3.05) is 13.1 Å². The summed E-state index contributed by atoms with van der Waals surface area (Å²) in [6, 6.07) is 0. The Morgan fingerprint density at radius 3 is 0.757 bits per heavy atom. The van der Waals surface area contributed by atoms with E-state index < -0.39 is 17.9 Å². The maximum atomic E-state index is 10.3. The summed E-state index contributed by atoms with van der Waals surface area (Å²) >= 11 is 0. The fourth-order valence-corrected chi connectivity index (χ4v) is 3.73. The highest BCUT2D eigenvalue weighted by molar-refractivity contribution is 5.67. The first-order valence-electron chi connectivity index (χ1n) is 14.9. The van der Waals surface area contributed by atoms with E-state index >= 15 is 0 Å². The van der Waals surface area contributed by atoms with Crippen LogP contribution in [0.4, 0.5) is 0 Å². The predicted molar refractivity (Wildman–Crippen MR) is 153 cm³/mol. The summed E-state index contributed by atoms with van der Waals surface area (Å²) in [6.45, 7) is 3.46. The lowest BCUT2D eigenvalue weighted by Crippen LogP contribution is -2.11. The minimum Gasteiger partial charge on any atom is -0.481 e. The van der Waals surface area contributed by atoms with Crippen LogP contribution in [0.25, 0.3) is 0 Å². The molecule has 0 amide bonds. The molecule has 37 heavy (non-hydrogen) atoms. The van der Waals surface area contributed by atoms with E-state index in [1.165, 1.54) is 83.5 Å². The molecule has 0 aliphatic heterocycles. The topological polar surface area (TPSA) is 164 Å². The molecular weight excluding hydrogens is 472 g/mol. The summed E-state index contributed by atoms with van der Waals surface area (Å²) < 4.78 is 0. The molecule has 7 N–H and O–H groups in total. The van der Waals surface area contributed by atoms with Crippen LogP contribution in [0.3, 0.4) is 0 Å². The van der Waals surface area contributed by atoms with Crippen molar-refractivity contribution in [1.29, 1.82) is 0 Å². The van der Waals surface area contributed by atoms with Gasteiger partial charge in [0.05, 0.1) is 0 Å². The highest BCUT2D eigenvalue weighted by atomic mass is 16.4. The van der Waals surface area contributed by atoms with Crippen molar-refractivity contribution in [3.05, 3.63) is 0 Å². The molecule has 0 saturated carbocycles. The van der Waals surface area contributed by atoms with Gasteiger partial charge in [-0.15, -0.1) is 0 Å². The van der Waals surface area contributed by atoms with Gasteiger partial charge in [0.2, 0.25) is 0 Å². The lowest BCUT2D eigenvalue weighted by Gasteiger charge is -2.03. The summed E-state index contributed by atoms with van der Waals surface area (Å²) in [6.07, 6.45) is 24.7. The number of carbonyl (C=O) groups is 3. The van der Waals surface area contributed by atoms with E-state index in [-0.39, 0.29) is 12.8 Å². The van der Waals surface area contributed by atoms with Gasteiger partial charge in [-0.25, -0.2) is 0 Å². The van der Waals surface area contributed by atoms with E-state index in [0.717, 1.165) is 32.1 Å². The Morgan fingerprint density at radius 2 is 0.595 bits per heavy atom. The first-order chi connectivity index (χ1) is 17.8. The molecular formula is C29H60N2O6. The second kappa shape index (κ2) is 36.5. The third-order valence-corrected chi connectivity index (χ3v) is 5.94. The lowest BCUT2D eigenvalue weighted by molar-refractivity contribution is -0.138. The molecule has 0 aliphatic carbocycles. The number of unbranched alkanes of at least 4 members (excludes halogenated alkanes) is 18. The number of hydrogen-bond acceptors (Lipinski definition) is 5. The van der Waals surface area contributed by atoms with Crippen molar-refractivity contribution >= 4 is 17.9 Å². The van der Waals surface area contributed by atoms with Gasteiger partial charge in [0.15, 0.2) is 0 Å². The third-order valence-electron chi connectivity index (χ3n) is 5.94. The molecule has 0 aromatic carbocycles. The Hall–Kier alpha value is -1.67. The van der Waals surface area contributed by atoms with Gasteiger partial charge in [0.1, 0.15) is 0 Å². The van der Waals surface area contributed by atoms with E-state index in [1.54, 1.807) is 0 Å². The second-order valence-electron chi connectivity index (χ2n) is 9.73. The van der Waals surface area contributed by atoms with Gasteiger partial charge in [-0.2, -0.15) is 0 Å². The molecule has 0 unspecified atom stereocenters. The van der Waals surface area contributed by atoms with Gasteiger partial charge >= 0.3 is 17.9 Å². The number of aliphatic carboxylic acids is 3. The molecule has 0 aromatic heterocycles. The summed E-state index contributed by atoms with van der Waals surface area (Å²) in [4.78, 5) is 30.5. The van der Waals surface area contributed by atoms with Gasteiger partial charge < -0.3 is 26.8 Å². The zero-order chi connectivity index (χ0) is 28.4. The molecule has 0 spiro atoms. The molecule has 0 rings (SSSR count). The van der Waals surface area contributed by atoms with E-state index in [0.29, 0.717) is 32.4 Å². The summed E-state index contributed by atoms with van der Waals surface area (Å²) in [5.41, 5.74) is 9.81. The van der Waals surface area contributed by atoms with Crippen LogP contribution in [0.2, 0.25) is 0 Å². The molecule has 0 saturated heterocycles. The molecule has 222 valence electrons. The van der Waals surface area contributed by atoms with Crippen LogP contribution in [0, 0.1) is 0 Å². The molecule has 0 bridgehead atoms. The molecule has 8 heteroatoms. The van der Waals surface area contributed by atoms with Crippen molar-refractivity contribution in [2.45, 2.75) is 155 Å². The number of hydrogen-bond donors (Lipinski definition) is 5. The minimum absolute atomic E-state index is 0.221. The Kier molecular flexibility index (Phi) is 39.3. The summed E-state index contributed by atoms with van der Waals surface area (Å²) in [5, 5.41) is 25.1. The van der Waals surface area contributed by atoms with Crippen LogP contribution >= 0.6 is 0 Å². The highest BCUT2D eigenvalue weighted by Crippen LogP contribution is 2.13. The second-order valence-corrected chi connectivity index (χ2v) is 9.73. The number of carboxylic acid groups (broad SMARTS) is 3. The molecule has 0 aliphatic rings. The lowest BCUT2D eigenvalue weighted by atomic mass is 10.0. The van der Waals surface area contributed by atoms with E-state index in [4.69, 9.17) is 26.8 Å². The van der Waals surface area contributed by atoms with Gasteiger partial charge in [-0.1, -0.05) is 116 Å². The van der Waals surface area contributed by atoms with Crippen LogP contribution in [-0.2, 0) is 14.4 Å². The molecule has 0 fully saturated rings. The Balaban J connectivity index is -0.000000581. The molecule has 0 radical (unpaired) electrons. The average Bonchev–Trinajstić information content (AvgIpc) is 2.86. The quantitative estimate of drug-likeness (QED) is 0.0775. The van der Waals surface area contributed by atoms with Crippen molar-refractivity contribution in [1.82, 2.24) is 0 Å². The standard InChI is InChI=1S/C18H36O2.C9H16O4.C2H8N2/c1-2-3-4-5-6-7-8-9-10-11-12-13-14-15-16-17-18(19)20;10-8(11)6-4-2-1-3-5-7-9(12)13;3-1-2-4/h2-17H2,1H3,(H,19,20);1-7H2,(H,10,11)(H,12,13);1-4H2. The Labute approximate surface area is 227 Å². The van der Waals surface area contributed by atoms with Gasteiger partial charge in [-0.3, -0.25) is 14.4 Å². The minimum atomic E-state index is -0.759. The molecule has 8 nitrogen and oxygen atoms in total. The van der Waals surface area contributed by atoms with Crippen LogP contribution in [0.5, 0.6) is 0 Å². The fourth-order valence-electron chi connectivity index (χ4n) is 3.73. The van der Waals surface area contributed by atoms with E-state index in [2.05, 4.69) is 6.92 Å². The Morgan fingerprint density at radius 1 is 0.405 bits per heavy atom. The van der Waals surface area contributed by atoms with Crippen molar-refractivity contribution < 1.29 is 29.7 Å². The fraction of sp³-hybridized carbons (Fsp3) is 0.897. The average molecular weight is 533 g/mol. The molecule has 0 aromatic rings. The van der Waals surface area contributed by atoms with E-state index in [1.807, 2.05) is 0 Å². The molecule has 0 heterocycles. The number of nitrogens with two attached hydrogens (primary N) is 2. The van der Waals surface area contributed by atoms with Crippen molar-refractivity contribution in [2.24, 2.45) is 11.5 Å². The Bertz CT molecular complexity index is 469. The maximum absolute atomic E-state index is 10.3. The SMILES string of the molecule is CCCCCCCCCCCCCCCCCC(=O)O.NCCN.O=C(O)CCCCCCCC(=O)O. The van der Waals surface area contributed by atoms with E-state index in [9.17, 15) is 14.4 Å². The normalized spacial score (nSPS) is 10.1. The van der Waals surface area contributed by atoms with Crippen LogP contribution in [0.15, 0.2) is 0 Å². The van der Waals surface area contributed by atoms with Crippen molar-refractivity contribution in [3.63, 3.8) is 0 Å². The van der Waals surface area contributed by atoms with Crippen LogP contribution in [-0.4, -0.2) is 46.3 Å². The summed E-state index contributed by atoms with van der Waals surface area (Å²) in [7, 11) is 0. The van der Waals surface area contributed by atoms with Gasteiger partial charge in [-0.05, 0) is 19.3 Å². The van der Waals surface area contributed by atoms with Crippen LogP contribution < -0.4 is 11.5 Å². The maximum Gasteiger partial charge on any atom is 0.303 e.